The van der Waals surface area contributed by atoms with Crippen LogP contribution in [0.3, 0.4) is 0 Å². The van der Waals surface area contributed by atoms with Crippen LogP contribution in [-0.4, -0.2) is 28.2 Å². The first-order chi connectivity index (χ1) is 6.19. The SMILES string of the molecule is COC(=O)c1ncc(F)c(CO)n1. The molecule has 0 aliphatic heterocycles. The first-order valence-electron chi connectivity index (χ1n) is 3.39. The fourth-order valence-electron chi connectivity index (χ4n) is 0.703. The molecule has 13 heavy (non-hydrogen) atoms. The number of carbonyl (C=O) groups excluding carboxylic acids is 1. The van der Waals surface area contributed by atoms with Crippen molar-refractivity contribution < 1.29 is 19.0 Å². The van der Waals surface area contributed by atoms with E-state index in [-0.39, 0.29) is 11.5 Å². The van der Waals surface area contributed by atoms with Crippen LogP contribution in [0.2, 0.25) is 0 Å². The van der Waals surface area contributed by atoms with E-state index in [9.17, 15) is 9.18 Å². The molecular weight excluding hydrogens is 179 g/mol. The lowest BCUT2D eigenvalue weighted by molar-refractivity contribution is 0.0585. The van der Waals surface area contributed by atoms with Gasteiger partial charge in [0, 0.05) is 0 Å². The summed E-state index contributed by atoms with van der Waals surface area (Å²) in [4.78, 5) is 17.7. The van der Waals surface area contributed by atoms with Gasteiger partial charge in [0.2, 0.25) is 5.82 Å². The van der Waals surface area contributed by atoms with Gasteiger partial charge < -0.3 is 9.84 Å². The minimum atomic E-state index is -0.769. The predicted octanol–water partition coefficient (Wildman–Crippen LogP) is -0.105. The molecule has 0 saturated heterocycles. The molecule has 0 atom stereocenters. The quantitative estimate of drug-likeness (QED) is 0.652. The summed E-state index contributed by atoms with van der Waals surface area (Å²) in [6.45, 7) is -0.585. The van der Waals surface area contributed by atoms with Gasteiger partial charge in [0.25, 0.3) is 0 Å². The second kappa shape index (κ2) is 3.90. The standard InChI is InChI=1S/C7H7FN2O3/c1-13-7(12)6-9-2-4(8)5(3-11)10-6/h2,11H,3H2,1H3. The largest absolute Gasteiger partial charge is 0.463 e. The molecule has 5 nitrogen and oxygen atoms in total. The van der Waals surface area contributed by atoms with E-state index in [2.05, 4.69) is 14.7 Å². The first kappa shape index (κ1) is 9.53. The molecule has 0 aromatic carbocycles. The van der Waals surface area contributed by atoms with Crippen molar-refractivity contribution >= 4 is 5.97 Å². The van der Waals surface area contributed by atoms with E-state index in [1.807, 2.05) is 0 Å². The average Bonchev–Trinajstić information content (AvgIpc) is 2.17. The third-order valence-corrected chi connectivity index (χ3v) is 1.33. The van der Waals surface area contributed by atoms with Gasteiger partial charge in [-0.05, 0) is 0 Å². The van der Waals surface area contributed by atoms with Crippen molar-refractivity contribution in [1.29, 1.82) is 0 Å². The van der Waals surface area contributed by atoms with Gasteiger partial charge in [0.15, 0.2) is 5.82 Å². The van der Waals surface area contributed by atoms with Gasteiger partial charge in [-0.25, -0.2) is 19.2 Å². The summed E-state index contributed by atoms with van der Waals surface area (Å²) in [7, 11) is 1.16. The van der Waals surface area contributed by atoms with Gasteiger partial charge in [-0.3, -0.25) is 0 Å². The van der Waals surface area contributed by atoms with Gasteiger partial charge in [0.1, 0.15) is 5.69 Å². The highest BCUT2D eigenvalue weighted by Gasteiger charge is 2.12. The second-order valence-electron chi connectivity index (χ2n) is 2.14. The van der Waals surface area contributed by atoms with E-state index >= 15 is 0 Å². The first-order valence-corrected chi connectivity index (χ1v) is 3.39. The van der Waals surface area contributed by atoms with Gasteiger partial charge in [0.05, 0.1) is 19.9 Å². The second-order valence-corrected chi connectivity index (χ2v) is 2.14. The fourth-order valence-corrected chi connectivity index (χ4v) is 0.703. The van der Waals surface area contributed by atoms with Crippen molar-refractivity contribution in [1.82, 2.24) is 9.97 Å². The minimum Gasteiger partial charge on any atom is -0.463 e. The van der Waals surface area contributed by atoms with E-state index in [0.717, 1.165) is 13.3 Å². The third-order valence-electron chi connectivity index (χ3n) is 1.33. The molecule has 1 N–H and O–H groups in total. The zero-order valence-corrected chi connectivity index (χ0v) is 6.82. The van der Waals surface area contributed by atoms with Crippen LogP contribution in [-0.2, 0) is 11.3 Å². The third kappa shape index (κ3) is 1.97. The van der Waals surface area contributed by atoms with E-state index in [1.54, 1.807) is 0 Å². The van der Waals surface area contributed by atoms with E-state index in [1.165, 1.54) is 0 Å². The van der Waals surface area contributed by atoms with Crippen molar-refractivity contribution in [3.05, 3.63) is 23.5 Å². The average molecular weight is 186 g/mol. The number of ether oxygens (including phenoxy) is 1. The van der Waals surface area contributed by atoms with Crippen LogP contribution < -0.4 is 0 Å². The number of hydrogen-bond acceptors (Lipinski definition) is 5. The number of aliphatic hydroxyl groups is 1. The Morgan fingerprint density at radius 3 is 3.00 bits per heavy atom. The molecule has 1 heterocycles. The van der Waals surface area contributed by atoms with Gasteiger partial charge in [-0.1, -0.05) is 0 Å². The summed E-state index contributed by atoms with van der Waals surface area (Å²) in [5.74, 6) is -1.79. The molecule has 6 heteroatoms. The number of aliphatic hydroxyl groups excluding tert-OH is 1. The highest BCUT2D eigenvalue weighted by molar-refractivity contribution is 5.84. The minimum absolute atomic E-state index is 0.226. The van der Waals surface area contributed by atoms with E-state index < -0.39 is 18.4 Å². The molecule has 0 amide bonds. The molecule has 1 rings (SSSR count). The molecule has 0 radical (unpaired) electrons. The summed E-state index contributed by atoms with van der Waals surface area (Å²) in [6, 6.07) is 0. The highest BCUT2D eigenvalue weighted by atomic mass is 19.1. The summed E-state index contributed by atoms with van der Waals surface area (Å²) in [5, 5.41) is 8.61. The van der Waals surface area contributed by atoms with Crippen LogP contribution in [0.1, 0.15) is 16.3 Å². The molecule has 0 saturated carbocycles. The van der Waals surface area contributed by atoms with E-state index in [4.69, 9.17) is 5.11 Å². The number of aromatic nitrogens is 2. The van der Waals surface area contributed by atoms with Crippen LogP contribution >= 0.6 is 0 Å². The topological polar surface area (TPSA) is 72.3 Å². The van der Waals surface area contributed by atoms with E-state index in [0.29, 0.717) is 0 Å². The number of nitrogens with zero attached hydrogens (tertiary/aromatic N) is 2. The Balaban J connectivity index is 3.06. The molecule has 70 valence electrons. The Morgan fingerprint density at radius 2 is 2.46 bits per heavy atom. The van der Waals surface area contributed by atoms with Gasteiger partial charge in [-0.15, -0.1) is 0 Å². The highest BCUT2D eigenvalue weighted by Crippen LogP contribution is 2.03. The molecule has 0 fully saturated rings. The molecule has 0 unspecified atom stereocenters. The molecule has 0 spiro atoms. The van der Waals surface area contributed by atoms with Crippen LogP contribution in [0.25, 0.3) is 0 Å². The Morgan fingerprint density at radius 1 is 1.77 bits per heavy atom. The Labute approximate surface area is 73.2 Å². The van der Waals surface area contributed by atoms with Crippen molar-refractivity contribution in [2.75, 3.05) is 7.11 Å². The molecule has 0 aliphatic rings. The predicted molar refractivity (Wildman–Crippen MR) is 39.3 cm³/mol. The number of hydrogen-bond donors (Lipinski definition) is 1. The maximum absolute atomic E-state index is 12.7. The van der Waals surface area contributed by atoms with Crippen molar-refractivity contribution in [2.24, 2.45) is 0 Å². The fraction of sp³-hybridized carbons (Fsp3) is 0.286. The number of halogens is 1. The van der Waals surface area contributed by atoms with Gasteiger partial charge >= 0.3 is 5.97 Å². The van der Waals surface area contributed by atoms with Crippen LogP contribution in [0.4, 0.5) is 4.39 Å². The molecular formula is C7H7FN2O3. The summed E-state index contributed by atoms with van der Waals surface area (Å²) in [5.41, 5.74) is -0.226. The molecule has 0 aliphatic carbocycles. The summed E-state index contributed by atoms with van der Waals surface area (Å²) in [6.07, 6.45) is 0.810. The number of carbonyl (C=O) groups is 1. The molecule has 0 bridgehead atoms. The molecule has 1 aromatic rings. The van der Waals surface area contributed by atoms with Crippen LogP contribution in [0.15, 0.2) is 6.20 Å². The normalized spacial score (nSPS) is 9.77. The lowest BCUT2D eigenvalue weighted by atomic mass is 10.4. The summed E-state index contributed by atoms with van der Waals surface area (Å²) >= 11 is 0. The van der Waals surface area contributed by atoms with Crippen molar-refractivity contribution in [3.63, 3.8) is 0 Å². The lowest BCUT2D eigenvalue weighted by Crippen LogP contribution is -2.10. The monoisotopic (exact) mass is 186 g/mol. The smallest absolute Gasteiger partial charge is 0.376 e. The van der Waals surface area contributed by atoms with Crippen molar-refractivity contribution in [2.45, 2.75) is 6.61 Å². The summed E-state index contributed by atoms with van der Waals surface area (Å²) < 4.78 is 17.0. The Bertz CT molecular complexity index is 330. The Hall–Kier alpha value is -1.56. The van der Waals surface area contributed by atoms with Gasteiger partial charge in [-0.2, -0.15) is 0 Å². The zero-order chi connectivity index (χ0) is 9.84. The lowest BCUT2D eigenvalue weighted by Gasteiger charge is -2.00. The zero-order valence-electron chi connectivity index (χ0n) is 6.82. The van der Waals surface area contributed by atoms with Crippen LogP contribution in [0.5, 0.6) is 0 Å². The number of methoxy groups -OCH3 is 1. The number of esters is 1. The van der Waals surface area contributed by atoms with Crippen molar-refractivity contribution in [3.8, 4) is 0 Å². The van der Waals surface area contributed by atoms with Crippen LogP contribution in [0, 0.1) is 5.82 Å². The number of rotatable bonds is 2. The maximum atomic E-state index is 12.7. The maximum Gasteiger partial charge on any atom is 0.376 e. The molecule has 1 aromatic heterocycles. The Kier molecular flexibility index (Phi) is 2.86.